The zero-order chi connectivity index (χ0) is 15.4. The third-order valence-electron chi connectivity index (χ3n) is 3.44. The van der Waals surface area contributed by atoms with Gasteiger partial charge < -0.3 is 10.1 Å². The highest BCUT2D eigenvalue weighted by molar-refractivity contribution is 5.94. The van der Waals surface area contributed by atoms with E-state index >= 15 is 0 Å². The fourth-order valence-electron chi connectivity index (χ4n) is 2.26. The molecule has 0 fully saturated rings. The molecule has 3 heteroatoms. The molecule has 1 N–H and O–H groups in total. The molecule has 0 saturated heterocycles. The van der Waals surface area contributed by atoms with Crippen molar-refractivity contribution >= 4 is 22.4 Å². The van der Waals surface area contributed by atoms with Gasteiger partial charge in [0, 0.05) is 5.69 Å². The lowest BCUT2D eigenvalue weighted by Gasteiger charge is -2.15. The van der Waals surface area contributed by atoms with Crippen molar-refractivity contribution in [2.75, 3.05) is 5.32 Å². The topological polar surface area (TPSA) is 38.3 Å². The molecule has 0 aliphatic carbocycles. The Morgan fingerprint density at radius 3 is 2.36 bits per heavy atom. The lowest BCUT2D eigenvalue weighted by Crippen LogP contribution is -2.30. The molecule has 1 amide bonds. The summed E-state index contributed by atoms with van der Waals surface area (Å²) in [4.78, 5) is 12.1. The molecule has 0 aliphatic rings. The van der Waals surface area contributed by atoms with Gasteiger partial charge in [0.25, 0.3) is 5.91 Å². The third-order valence-corrected chi connectivity index (χ3v) is 3.44. The zero-order valence-electron chi connectivity index (χ0n) is 12.3. The fourth-order valence-corrected chi connectivity index (χ4v) is 2.26. The van der Waals surface area contributed by atoms with E-state index in [0.29, 0.717) is 5.75 Å². The van der Waals surface area contributed by atoms with Gasteiger partial charge in [-0.1, -0.05) is 48.5 Å². The van der Waals surface area contributed by atoms with Crippen LogP contribution in [0.2, 0.25) is 0 Å². The Labute approximate surface area is 129 Å². The van der Waals surface area contributed by atoms with Crippen LogP contribution in [0.3, 0.4) is 0 Å². The summed E-state index contributed by atoms with van der Waals surface area (Å²) in [7, 11) is 0. The minimum atomic E-state index is -0.568. The van der Waals surface area contributed by atoms with E-state index in [2.05, 4.69) is 5.32 Å². The highest BCUT2D eigenvalue weighted by Gasteiger charge is 2.14. The SMILES string of the molecule is C[C@@H](Oc1ccc2ccccc2c1)C(=O)Nc1ccccc1. The van der Waals surface area contributed by atoms with Gasteiger partial charge >= 0.3 is 0 Å². The van der Waals surface area contributed by atoms with Gasteiger partial charge in [0.15, 0.2) is 6.10 Å². The summed E-state index contributed by atoms with van der Waals surface area (Å²) in [5, 5.41) is 5.08. The van der Waals surface area contributed by atoms with Crippen LogP contribution >= 0.6 is 0 Å². The molecule has 0 aromatic heterocycles. The number of hydrogen-bond donors (Lipinski definition) is 1. The number of amides is 1. The molecular weight excluding hydrogens is 274 g/mol. The monoisotopic (exact) mass is 291 g/mol. The second-order valence-electron chi connectivity index (χ2n) is 5.12. The minimum Gasteiger partial charge on any atom is -0.481 e. The summed E-state index contributed by atoms with van der Waals surface area (Å²) in [5.74, 6) is 0.522. The van der Waals surface area contributed by atoms with Crippen LogP contribution in [0.25, 0.3) is 10.8 Å². The van der Waals surface area contributed by atoms with Crippen molar-refractivity contribution in [2.24, 2.45) is 0 Å². The van der Waals surface area contributed by atoms with Crippen molar-refractivity contribution in [3.8, 4) is 5.75 Å². The van der Waals surface area contributed by atoms with E-state index in [0.717, 1.165) is 16.5 Å². The number of para-hydroxylation sites is 1. The molecule has 110 valence electrons. The summed E-state index contributed by atoms with van der Waals surface area (Å²) in [6.07, 6.45) is -0.568. The first kappa shape index (κ1) is 14.1. The average Bonchev–Trinajstić information content (AvgIpc) is 2.55. The van der Waals surface area contributed by atoms with Gasteiger partial charge in [0.1, 0.15) is 5.75 Å². The molecule has 3 nitrogen and oxygen atoms in total. The van der Waals surface area contributed by atoms with Gasteiger partial charge in [0.2, 0.25) is 0 Å². The first-order valence-corrected chi connectivity index (χ1v) is 7.24. The number of anilines is 1. The number of benzene rings is 3. The normalized spacial score (nSPS) is 11.9. The predicted molar refractivity (Wildman–Crippen MR) is 89.1 cm³/mol. The molecule has 0 spiro atoms. The molecule has 3 rings (SSSR count). The van der Waals surface area contributed by atoms with Crippen LogP contribution in [0.4, 0.5) is 5.69 Å². The van der Waals surface area contributed by atoms with E-state index < -0.39 is 6.10 Å². The van der Waals surface area contributed by atoms with E-state index in [4.69, 9.17) is 4.74 Å². The van der Waals surface area contributed by atoms with Gasteiger partial charge in [-0.05, 0) is 42.0 Å². The number of fused-ring (bicyclic) bond motifs is 1. The molecule has 0 aliphatic heterocycles. The smallest absolute Gasteiger partial charge is 0.265 e. The zero-order valence-corrected chi connectivity index (χ0v) is 12.3. The van der Waals surface area contributed by atoms with Crippen molar-refractivity contribution in [1.82, 2.24) is 0 Å². The Hall–Kier alpha value is -2.81. The molecule has 1 atom stereocenters. The van der Waals surface area contributed by atoms with Crippen molar-refractivity contribution in [2.45, 2.75) is 13.0 Å². The molecule has 0 saturated carbocycles. The first-order chi connectivity index (χ1) is 10.7. The van der Waals surface area contributed by atoms with Crippen LogP contribution in [0.1, 0.15) is 6.92 Å². The van der Waals surface area contributed by atoms with E-state index in [-0.39, 0.29) is 5.91 Å². The fraction of sp³-hybridized carbons (Fsp3) is 0.105. The second kappa shape index (κ2) is 6.31. The lowest BCUT2D eigenvalue weighted by atomic mass is 10.1. The van der Waals surface area contributed by atoms with E-state index in [1.54, 1.807) is 6.92 Å². The summed E-state index contributed by atoms with van der Waals surface area (Å²) >= 11 is 0. The number of rotatable bonds is 4. The molecule has 0 heterocycles. The summed E-state index contributed by atoms with van der Waals surface area (Å²) in [6, 6.07) is 23.2. The number of ether oxygens (including phenoxy) is 1. The number of nitrogens with one attached hydrogen (secondary N) is 1. The standard InChI is InChI=1S/C19H17NO2/c1-14(19(21)20-17-9-3-2-4-10-17)22-18-12-11-15-7-5-6-8-16(15)13-18/h2-14H,1H3,(H,20,21)/t14-/m1/s1. The Kier molecular flexibility index (Phi) is 4.05. The average molecular weight is 291 g/mol. The van der Waals surface area contributed by atoms with E-state index in [9.17, 15) is 4.79 Å². The van der Waals surface area contributed by atoms with Crippen LogP contribution < -0.4 is 10.1 Å². The maximum Gasteiger partial charge on any atom is 0.265 e. The number of hydrogen-bond acceptors (Lipinski definition) is 2. The Bertz CT molecular complexity index is 784. The Morgan fingerprint density at radius 1 is 0.909 bits per heavy atom. The molecule has 3 aromatic carbocycles. The van der Waals surface area contributed by atoms with Crippen molar-refractivity contribution < 1.29 is 9.53 Å². The molecule has 22 heavy (non-hydrogen) atoms. The number of carbonyl (C=O) groups excluding carboxylic acids is 1. The Balaban J connectivity index is 1.69. The summed E-state index contributed by atoms with van der Waals surface area (Å²) in [6.45, 7) is 1.74. The minimum absolute atomic E-state index is 0.167. The van der Waals surface area contributed by atoms with Gasteiger partial charge in [-0.15, -0.1) is 0 Å². The van der Waals surface area contributed by atoms with Crippen molar-refractivity contribution in [3.63, 3.8) is 0 Å². The van der Waals surface area contributed by atoms with Gasteiger partial charge in [0.05, 0.1) is 0 Å². The highest BCUT2D eigenvalue weighted by Crippen LogP contribution is 2.21. The largest absolute Gasteiger partial charge is 0.481 e. The van der Waals surface area contributed by atoms with Gasteiger partial charge in [-0.3, -0.25) is 4.79 Å². The second-order valence-corrected chi connectivity index (χ2v) is 5.12. The van der Waals surface area contributed by atoms with Crippen LogP contribution in [-0.4, -0.2) is 12.0 Å². The van der Waals surface area contributed by atoms with Crippen LogP contribution in [0.5, 0.6) is 5.75 Å². The first-order valence-electron chi connectivity index (χ1n) is 7.24. The highest BCUT2D eigenvalue weighted by atomic mass is 16.5. The van der Waals surface area contributed by atoms with Gasteiger partial charge in [-0.2, -0.15) is 0 Å². The maximum absolute atomic E-state index is 12.1. The Morgan fingerprint density at radius 2 is 1.59 bits per heavy atom. The molecule has 0 bridgehead atoms. The molecule has 0 unspecified atom stereocenters. The molecular formula is C19H17NO2. The van der Waals surface area contributed by atoms with Gasteiger partial charge in [-0.25, -0.2) is 0 Å². The quantitative estimate of drug-likeness (QED) is 0.780. The summed E-state index contributed by atoms with van der Waals surface area (Å²) in [5.41, 5.74) is 0.765. The van der Waals surface area contributed by atoms with Crippen LogP contribution in [-0.2, 0) is 4.79 Å². The predicted octanol–water partition coefficient (Wildman–Crippen LogP) is 4.25. The molecule has 0 radical (unpaired) electrons. The van der Waals surface area contributed by atoms with E-state index in [1.165, 1.54) is 0 Å². The van der Waals surface area contributed by atoms with Crippen molar-refractivity contribution in [1.29, 1.82) is 0 Å². The maximum atomic E-state index is 12.1. The summed E-state index contributed by atoms with van der Waals surface area (Å²) < 4.78 is 5.74. The van der Waals surface area contributed by atoms with Crippen LogP contribution in [0, 0.1) is 0 Å². The van der Waals surface area contributed by atoms with Crippen LogP contribution in [0.15, 0.2) is 72.8 Å². The lowest BCUT2D eigenvalue weighted by molar-refractivity contribution is -0.122. The third kappa shape index (κ3) is 3.26. The van der Waals surface area contributed by atoms with E-state index in [1.807, 2.05) is 72.8 Å². The van der Waals surface area contributed by atoms with Crippen molar-refractivity contribution in [3.05, 3.63) is 72.8 Å². The molecule has 3 aromatic rings. The number of carbonyl (C=O) groups is 1.